The number of nitrogens with zero attached hydrogens (tertiary/aromatic N) is 4. The van der Waals surface area contributed by atoms with Crippen molar-refractivity contribution in [2.75, 3.05) is 5.32 Å². The molecule has 3 aromatic rings. The molecule has 1 heterocycles. The molecule has 0 aliphatic heterocycles. The number of aromatic nitrogens is 2. The first kappa shape index (κ1) is 18.2. The number of ether oxygens (including phenoxy) is 1. The minimum atomic E-state index is -0.645. The molecular weight excluding hydrogens is 362 g/mol. The van der Waals surface area contributed by atoms with Gasteiger partial charge in [0.25, 0.3) is 12.7 Å². The maximum Gasteiger partial charge on any atom is 0.322 e. The van der Waals surface area contributed by atoms with Crippen LogP contribution in [0.15, 0.2) is 64.2 Å². The van der Waals surface area contributed by atoms with Crippen molar-refractivity contribution in [1.82, 2.24) is 5.27 Å². The third-order valence-corrected chi connectivity index (χ3v) is 3.35. The first-order chi connectivity index (χ1) is 13.7. The molecule has 1 aromatic heterocycles. The number of hydrogen-bond donors (Lipinski definition) is 1. The van der Waals surface area contributed by atoms with Gasteiger partial charge in [-0.2, -0.15) is 5.26 Å². The van der Waals surface area contributed by atoms with Crippen molar-refractivity contribution >= 4 is 24.1 Å². The molecule has 1 N–H and O–H groups in total. The molecule has 0 spiro atoms. The number of anilines is 1. The average Bonchev–Trinajstić information content (AvgIpc) is 3.16. The monoisotopic (exact) mass is 373 g/mol. The van der Waals surface area contributed by atoms with E-state index in [2.05, 4.69) is 27.4 Å². The molecule has 9 heteroatoms. The van der Waals surface area contributed by atoms with Crippen LogP contribution in [0, 0.1) is 23.2 Å². The lowest BCUT2D eigenvalue weighted by Gasteiger charge is -2.11. The molecule has 0 aliphatic rings. The zero-order chi connectivity index (χ0) is 19.8. The van der Waals surface area contributed by atoms with Gasteiger partial charge in [-0.15, -0.1) is 0 Å². The Hall–Kier alpha value is -4.63. The molecule has 2 aromatic carbocycles. The molecule has 0 bridgehead atoms. The Kier molecular flexibility index (Phi) is 5.61. The van der Waals surface area contributed by atoms with Gasteiger partial charge in [-0.1, -0.05) is 5.92 Å². The minimum absolute atomic E-state index is 0.00206. The summed E-state index contributed by atoms with van der Waals surface area (Å²) in [5, 5.41) is 26.8. The molecule has 0 saturated carbocycles. The second-order valence-corrected chi connectivity index (χ2v) is 5.17. The first-order valence-electron chi connectivity index (χ1n) is 7.80. The number of amidine groups is 1. The lowest BCUT2D eigenvalue weighted by atomic mass is 10.2. The number of benzene rings is 2. The number of rotatable bonds is 5. The Balaban J connectivity index is 1.68. The fourth-order valence-electron chi connectivity index (χ4n) is 2.13. The van der Waals surface area contributed by atoms with Crippen molar-refractivity contribution in [3.63, 3.8) is 0 Å². The van der Waals surface area contributed by atoms with Crippen LogP contribution in [0.3, 0.4) is 0 Å². The molecule has 3 rings (SSSR count). The molecule has 0 atom stereocenters. The molecule has 0 radical (unpaired) electrons. The molecule has 0 amide bonds. The number of nitriles is 1. The van der Waals surface area contributed by atoms with Crippen LogP contribution in [-0.2, 0) is 4.79 Å². The highest BCUT2D eigenvalue weighted by atomic mass is 16.5. The van der Waals surface area contributed by atoms with E-state index in [0.717, 1.165) is 0 Å². The molecule has 28 heavy (non-hydrogen) atoms. The van der Waals surface area contributed by atoms with E-state index >= 15 is 0 Å². The lowest BCUT2D eigenvalue weighted by molar-refractivity contribution is -0.670. The minimum Gasteiger partial charge on any atom is -0.846 e. The van der Waals surface area contributed by atoms with Gasteiger partial charge >= 0.3 is 5.88 Å². The first-order valence-corrected chi connectivity index (χ1v) is 7.80. The van der Waals surface area contributed by atoms with Crippen LogP contribution in [0.25, 0.3) is 5.69 Å². The Morgan fingerprint density at radius 1 is 1.25 bits per heavy atom. The number of carbonyl (C=O) groups is 1. The molecule has 136 valence electrons. The standard InChI is InChI=1S/C19H11N5O4/c20-11-1-2-14-3-5-15(6-4-14)21-19(26)22-18-12-24(23-28-18)16-7-9-17(10-8-16)27-13-25/h3-10,12-13H,(H-,21,22,23,26). The van der Waals surface area contributed by atoms with Gasteiger partial charge in [0.05, 0.1) is 6.02 Å². The van der Waals surface area contributed by atoms with Gasteiger partial charge in [0.2, 0.25) is 11.0 Å². The van der Waals surface area contributed by atoms with Crippen LogP contribution < -0.4 is 19.8 Å². The summed E-state index contributed by atoms with van der Waals surface area (Å²) in [5.74, 6) is 5.32. The van der Waals surface area contributed by atoms with E-state index in [1.807, 2.05) is 0 Å². The fraction of sp³-hybridized carbons (Fsp3) is 0. The maximum atomic E-state index is 12.0. The number of hydrogen-bond acceptors (Lipinski definition) is 7. The third-order valence-electron chi connectivity index (χ3n) is 3.35. The highest BCUT2D eigenvalue weighted by Gasteiger charge is 2.14. The van der Waals surface area contributed by atoms with Crippen LogP contribution in [0.5, 0.6) is 5.75 Å². The van der Waals surface area contributed by atoms with Crippen molar-refractivity contribution in [3.8, 4) is 29.3 Å². The summed E-state index contributed by atoms with van der Waals surface area (Å²) >= 11 is 0. The van der Waals surface area contributed by atoms with Crippen LogP contribution in [-0.4, -0.2) is 17.8 Å². The van der Waals surface area contributed by atoms with E-state index in [1.165, 1.54) is 10.9 Å². The van der Waals surface area contributed by atoms with Crippen LogP contribution >= 0.6 is 0 Å². The predicted octanol–water partition coefficient (Wildman–Crippen LogP) is 0.821. The summed E-state index contributed by atoms with van der Waals surface area (Å²) in [6.07, 6.45) is 1.43. The largest absolute Gasteiger partial charge is 0.846 e. The average molecular weight is 373 g/mol. The van der Waals surface area contributed by atoms with Gasteiger partial charge in [0.15, 0.2) is 6.07 Å². The predicted molar refractivity (Wildman–Crippen MR) is 94.4 cm³/mol. The number of nitrogens with one attached hydrogen (secondary N) is 1. The van der Waals surface area contributed by atoms with Gasteiger partial charge < -0.3 is 15.2 Å². The zero-order valence-corrected chi connectivity index (χ0v) is 14.2. The smallest absolute Gasteiger partial charge is 0.322 e. The Morgan fingerprint density at radius 2 is 2.00 bits per heavy atom. The molecular formula is C19H11N5O4. The van der Waals surface area contributed by atoms with E-state index in [4.69, 9.17) is 14.5 Å². The van der Waals surface area contributed by atoms with Crippen molar-refractivity contribution < 1.29 is 23.8 Å². The summed E-state index contributed by atoms with van der Waals surface area (Å²) in [7, 11) is 0. The Morgan fingerprint density at radius 3 is 2.68 bits per heavy atom. The van der Waals surface area contributed by atoms with Crippen molar-refractivity contribution in [1.29, 1.82) is 5.26 Å². The normalized spacial score (nSPS) is 10.3. The van der Waals surface area contributed by atoms with Crippen molar-refractivity contribution in [2.45, 2.75) is 0 Å². The Labute approximate surface area is 159 Å². The molecule has 0 fully saturated rings. The Bertz CT molecular complexity index is 1100. The number of carbonyl (C=O) groups excluding carboxylic acids is 1. The second kappa shape index (κ2) is 8.65. The summed E-state index contributed by atoms with van der Waals surface area (Å²) in [4.78, 5) is 14.1. The van der Waals surface area contributed by atoms with E-state index in [1.54, 1.807) is 54.6 Å². The zero-order valence-electron chi connectivity index (χ0n) is 14.2. The van der Waals surface area contributed by atoms with Crippen LogP contribution in [0.2, 0.25) is 0 Å². The summed E-state index contributed by atoms with van der Waals surface area (Å²) in [5.41, 5.74) is 1.78. The second-order valence-electron chi connectivity index (χ2n) is 5.17. The van der Waals surface area contributed by atoms with Gasteiger partial charge in [-0.05, 0) is 41.1 Å². The fourth-order valence-corrected chi connectivity index (χ4v) is 2.13. The highest BCUT2D eigenvalue weighted by molar-refractivity contribution is 5.87. The maximum absolute atomic E-state index is 12.0. The van der Waals surface area contributed by atoms with Gasteiger partial charge in [-0.3, -0.25) is 9.32 Å². The van der Waals surface area contributed by atoms with Crippen LogP contribution in [0.1, 0.15) is 5.56 Å². The topological polar surface area (TPSA) is 127 Å². The van der Waals surface area contributed by atoms with Crippen LogP contribution in [0.4, 0.5) is 11.6 Å². The number of aliphatic imine (C=N–C) groups is 1. The summed E-state index contributed by atoms with van der Waals surface area (Å²) in [6, 6.07) is 14.2. The SMILES string of the molecule is N#CC#Cc1ccc(NC([O-])=Nc2c[n+](-c3ccc(OC=O)cc3)no2)cc1. The van der Waals surface area contributed by atoms with E-state index in [9.17, 15) is 9.90 Å². The summed E-state index contributed by atoms with van der Waals surface area (Å²) < 4.78 is 11.1. The lowest BCUT2D eigenvalue weighted by Crippen LogP contribution is -2.31. The van der Waals surface area contributed by atoms with Crippen molar-refractivity contribution in [3.05, 3.63) is 60.3 Å². The van der Waals surface area contributed by atoms with E-state index < -0.39 is 6.02 Å². The molecule has 0 aliphatic carbocycles. The van der Waals surface area contributed by atoms with E-state index in [0.29, 0.717) is 29.2 Å². The quantitative estimate of drug-likeness (QED) is 0.231. The van der Waals surface area contributed by atoms with E-state index in [-0.39, 0.29) is 5.88 Å². The van der Waals surface area contributed by atoms with Gasteiger partial charge in [0.1, 0.15) is 5.75 Å². The third kappa shape index (κ3) is 4.71. The van der Waals surface area contributed by atoms with Gasteiger partial charge in [0, 0.05) is 29.3 Å². The van der Waals surface area contributed by atoms with Crippen molar-refractivity contribution in [2.24, 2.45) is 4.99 Å². The molecule has 0 unspecified atom stereocenters. The summed E-state index contributed by atoms with van der Waals surface area (Å²) in [6.45, 7) is 0.334. The van der Waals surface area contributed by atoms with Gasteiger partial charge in [-0.25, -0.2) is 4.99 Å². The molecule has 9 nitrogen and oxygen atoms in total. The molecule has 0 saturated heterocycles. The highest BCUT2D eigenvalue weighted by Crippen LogP contribution is 2.13.